The predicted octanol–water partition coefficient (Wildman–Crippen LogP) is 2.12. The van der Waals surface area contributed by atoms with Gasteiger partial charge in [0.25, 0.3) is 5.24 Å². The Bertz CT molecular complexity index is 433. The van der Waals surface area contributed by atoms with Crippen LogP contribution in [0, 0.1) is 0 Å². The minimum Gasteiger partial charge on any atom is -0.474 e. The van der Waals surface area contributed by atoms with Crippen LogP contribution in [0.3, 0.4) is 0 Å². The van der Waals surface area contributed by atoms with Crippen molar-refractivity contribution in [2.75, 3.05) is 0 Å². The Morgan fingerprint density at radius 2 is 1.88 bits per heavy atom. The smallest absolute Gasteiger partial charge is 0.474 e. The third kappa shape index (κ3) is 2.66. The van der Waals surface area contributed by atoms with Gasteiger partial charge in [-0.15, -0.1) is 0 Å². The third-order valence-electron chi connectivity index (χ3n) is 1.59. The van der Waals surface area contributed by atoms with Gasteiger partial charge in [0.1, 0.15) is 5.75 Å². The van der Waals surface area contributed by atoms with Crippen LogP contribution in [0.1, 0.15) is 10.4 Å². The van der Waals surface area contributed by atoms with Crippen LogP contribution in [-0.4, -0.2) is 22.4 Å². The number of hydrogen-bond acceptors (Lipinski definition) is 3. The molecular formula is C9H5ClF2O4. The fourth-order valence-corrected chi connectivity index (χ4v) is 1.06. The number of aliphatic carboxylic acids is 1. The molecule has 0 aliphatic heterocycles. The molecule has 0 aliphatic carbocycles. The fourth-order valence-electron chi connectivity index (χ4n) is 0.900. The maximum atomic E-state index is 12.7. The first kappa shape index (κ1) is 12.4. The van der Waals surface area contributed by atoms with Crippen LogP contribution in [0.2, 0.25) is 0 Å². The monoisotopic (exact) mass is 250 g/mol. The molecule has 0 unspecified atom stereocenters. The van der Waals surface area contributed by atoms with E-state index in [9.17, 15) is 18.4 Å². The molecule has 0 bridgehead atoms. The first-order chi connectivity index (χ1) is 7.34. The Morgan fingerprint density at radius 3 is 2.38 bits per heavy atom. The number of ether oxygens (including phenoxy) is 1. The van der Waals surface area contributed by atoms with E-state index in [0.717, 1.165) is 12.1 Å². The van der Waals surface area contributed by atoms with Crippen molar-refractivity contribution in [1.29, 1.82) is 0 Å². The Morgan fingerprint density at radius 1 is 1.31 bits per heavy atom. The lowest BCUT2D eigenvalue weighted by atomic mass is 10.2. The molecule has 1 aromatic carbocycles. The van der Waals surface area contributed by atoms with Gasteiger partial charge in [-0.3, -0.25) is 4.79 Å². The van der Waals surface area contributed by atoms with Crippen molar-refractivity contribution < 1.29 is 28.2 Å². The Labute approximate surface area is 93.4 Å². The van der Waals surface area contributed by atoms with Crippen molar-refractivity contribution in [2.45, 2.75) is 6.11 Å². The van der Waals surface area contributed by atoms with Crippen molar-refractivity contribution in [1.82, 2.24) is 0 Å². The highest BCUT2D eigenvalue weighted by atomic mass is 35.5. The predicted molar refractivity (Wildman–Crippen MR) is 49.8 cm³/mol. The highest BCUT2D eigenvalue weighted by molar-refractivity contribution is 6.68. The summed E-state index contributed by atoms with van der Waals surface area (Å²) in [5, 5.41) is 7.12. The lowest BCUT2D eigenvalue weighted by molar-refractivity contribution is -0.210. The van der Waals surface area contributed by atoms with Gasteiger partial charge in [-0.2, -0.15) is 8.78 Å². The van der Waals surface area contributed by atoms with Crippen LogP contribution in [0.4, 0.5) is 8.78 Å². The summed E-state index contributed by atoms with van der Waals surface area (Å²) in [5.41, 5.74) is -0.329. The van der Waals surface area contributed by atoms with Crippen molar-refractivity contribution >= 4 is 22.8 Å². The molecule has 0 radical (unpaired) electrons. The van der Waals surface area contributed by atoms with Crippen LogP contribution in [-0.2, 0) is 4.79 Å². The van der Waals surface area contributed by atoms with Crippen LogP contribution >= 0.6 is 11.6 Å². The van der Waals surface area contributed by atoms with Gasteiger partial charge in [-0.05, 0) is 23.7 Å². The lowest BCUT2D eigenvalue weighted by Crippen LogP contribution is -2.35. The molecule has 0 amide bonds. The van der Waals surface area contributed by atoms with Gasteiger partial charge in [-0.25, -0.2) is 4.79 Å². The number of carboxylic acid groups (broad SMARTS) is 1. The zero-order valence-electron chi connectivity index (χ0n) is 7.62. The van der Waals surface area contributed by atoms with Gasteiger partial charge < -0.3 is 9.84 Å². The molecule has 0 heterocycles. The second-order valence-electron chi connectivity index (χ2n) is 2.69. The molecule has 0 saturated carbocycles. The number of rotatable bonds is 4. The first-order valence-corrected chi connectivity index (χ1v) is 4.31. The van der Waals surface area contributed by atoms with Gasteiger partial charge >= 0.3 is 12.1 Å². The summed E-state index contributed by atoms with van der Waals surface area (Å²) in [4.78, 5) is 20.9. The van der Waals surface area contributed by atoms with E-state index in [1.165, 1.54) is 12.1 Å². The van der Waals surface area contributed by atoms with Crippen LogP contribution < -0.4 is 4.74 Å². The maximum Gasteiger partial charge on any atom is 0.501 e. The van der Waals surface area contributed by atoms with Crippen molar-refractivity contribution in [2.24, 2.45) is 0 Å². The van der Waals surface area contributed by atoms with E-state index in [0.29, 0.717) is 0 Å². The summed E-state index contributed by atoms with van der Waals surface area (Å²) in [6, 6.07) is 4.84. The van der Waals surface area contributed by atoms with Crippen LogP contribution in [0.5, 0.6) is 5.75 Å². The molecule has 7 heteroatoms. The average Bonchev–Trinajstić information content (AvgIpc) is 2.17. The molecule has 4 nitrogen and oxygen atoms in total. The Hall–Kier alpha value is -1.69. The second kappa shape index (κ2) is 4.44. The van der Waals surface area contributed by atoms with E-state index >= 15 is 0 Å². The van der Waals surface area contributed by atoms with Crippen LogP contribution in [0.15, 0.2) is 24.3 Å². The summed E-state index contributed by atoms with van der Waals surface area (Å²) in [6.07, 6.45) is -4.41. The number of carbonyl (C=O) groups is 2. The zero-order chi connectivity index (χ0) is 12.3. The maximum absolute atomic E-state index is 12.7. The van der Waals surface area contributed by atoms with E-state index in [1.54, 1.807) is 0 Å². The van der Waals surface area contributed by atoms with E-state index in [-0.39, 0.29) is 5.56 Å². The number of para-hydroxylation sites is 1. The molecule has 0 fully saturated rings. The minimum absolute atomic E-state index is 0.329. The van der Waals surface area contributed by atoms with Crippen molar-refractivity contribution in [3.8, 4) is 5.75 Å². The number of hydrogen-bond donors (Lipinski definition) is 1. The molecule has 1 rings (SSSR count). The molecule has 0 saturated heterocycles. The lowest BCUT2D eigenvalue weighted by Gasteiger charge is -2.14. The zero-order valence-corrected chi connectivity index (χ0v) is 8.37. The molecule has 0 atom stereocenters. The minimum atomic E-state index is -4.41. The van der Waals surface area contributed by atoms with Crippen LogP contribution in [0.25, 0.3) is 0 Å². The molecule has 0 aromatic heterocycles. The van der Waals surface area contributed by atoms with E-state index in [4.69, 9.17) is 16.7 Å². The third-order valence-corrected chi connectivity index (χ3v) is 1.79. The standard InChI is InChI=1S/C9H5ClF2O4/c10-7(13)5-3-1-2-4-6(5)16-9(11,12)8(14)15/h1-4H,(H,14,15). The highest BCUT2D eigenvalue weighted by Crippen LogP contribution is 2.26. The highest BCUT2D eigenvalue weighted by Gasteiger charge is 2.43. The summed E-state index contributed by atoms with van der Waals surface area (Å²) < 4.78 is 29.3. The van der Waals surface area contributed by atoms with E-state index < -0.39 is 23.1 Å². The number of benzene rings is 1. The molecular weight excluding hydrogens is 246 g/mol. The number of halogens is 3. The summed E-state index contributed by atoms with van der Waals surface area (Å²) in [7, 11) is 0. The van der Waals surface area contributed by atoms with Gasteiger partial charge in [0.2, 0.25) is 0 Å². The summed E-state index contributed by atoms with van der Waals surface area (Å²) in [5.74, 6) is -3.04. The van der Waals surface area contributed by atoms with Gasteiger partial charge in [0, 0.05) is 0 Å². The number of carboxylic acids is 1. The SMILES string of the molecule is O=C(Cl)c1ccccc1OC(F)(F)C(=O)O. The average molecular weight is 251 g/mol. The normalized spacial score (nSPS) is 10.9. The molecule has 16 heavy (non-hydrogen) atoms. The second-order valence-corrected chi connectivity index (χ2v) is 3.04. The molecule has 0 spiro atoms. The van der Waals surface area contributed by atoms with Crippen molar-refractivity contribution in [3.05, 3.63) is 29.8 Å². The molecule has 86 valence electrons. The topological polar surface area (TPSA) is 63.6 Å². The molecule has 0 aliphatic rings. The molecule has 1 N–H and O–H groups in total. The number of alkyl halides is 2. The summed E-state index contributed by atoms with van der Waals surface area (Å²) in [6.45, 7) is 0. The Balaban J connectivity index is 3.06. The quantitative estimate of drug-likeness (QED) is 0.832. The van der Waals surface area contributed by atoms with Gasteiger partial charge in [-0.1, -0.05) is 12.1 Å². The first-order valence-electron chi connectivity index (χ1n) is 3.93. The van der Waals surface area contributed by atoms with Gasteiger partial charge in [0.15, 0.2) is 0 Å². The number of carbonyl (C=O) groups excluding carboxylic acids is 1. The Kier molecular flexibility index (Phi) is 3.44. The van der Waals surface area contributed by atoms with E-state index in [1.807, 2.05) is 0 Å². The summed E-state index contributed by atoms with van der Waals surface area (Å²) >= 11 is 5.11. The van der Waals surface area contributed by atoms with E-state index in [2.05, 4.69) is 4.74 Å². The fraction of sp³-hybridized carbons (Fsp3) is 0.111. The molecule has 1 aromatic rings. The van der Waals surface area contributed by atoms with Crippen molar-refractivity contribution in [3.63, 3.8) is 0 Å². The largest absolute Gasteiger partial charge is 0.501 e. The van der Waals surface area contributed by atoms with Gasteiger partial charge in [0.05, 0.1) is 5.56 Å².